The molecule has 0 saturated carbocycles. The molecule has 0 saturated heterocycles. The lowest BCUT2D eigenvalue weighted by atomic mass is 10.1. The Hall–Kier alpha value is -3.07. The summed E-state index contributed by atoms with van der Waals surface area (Å²) in [6, 6.07) is 16.7. The second-order valence-corrected chi connectivity index (χ2v) is 10.5. The van der Waals surface area contributed by atoms with Crippen LogP contribution in [0, 0.1) is 0 Å². The summed E-state index contributed by atoms with van der Waals surface area (Å²) in [6.07, 6.45) is 25.9. The van der Waals surface area contributed by atoms with E-state index in [2.05, 4.69) is 73.1 Å². The van der Waals surface area contributed by atoms with Crippen LogP contribution < -0.4 is 9.47 Å². The molecule has 2 aromatic carbocycles. The smallest absolute Gasteiger partial charge is 0.121 e. The van der Waals surface area contributed by atoms with Gasteiger partial charge in [-0.2, -0.15) is 0 Å². The van der Waals surface area contributed by atoms with Gasteiger partial charge in [0.05, 0.1) is 18.7 Å². The summed E-state index contributed by atoms with van der Waals surface area (Å²) >= 11 is 0. The summed E-state index contributed by atoms with van der Waals surface area (Å²) in [7, 11) is 0. The van der Waals surface area contributed by atoms with Crippen LogP contribution in [0.25, 0.3) is 23.1 Å². The Morgan fingerprint density at radius 2 is 1.23 bits per heavy atom. The number of unbranched alkanes of at least 4 members (excludes halogenated alkanes) is 12. The number of fused-ring (bicyclic) bond motifs is 1. The van der Waals surface area contributed by atoms with Gasteiger partial charge in [0.25, 0.3) is 0 Å². The van der Waals surface area contributed by atoms with E-state index in [1.54, 1.807) is 0 Å². The van der Waals surface area contributed by atoms with E-state index in [1.165, 1.54) is 70.6 Å². The lowest BCUT2D eigenvalue weighted by Gasteiger charge is -2.08. The molecule has 3 rings (SSSR count). The fourth-order valence-electron chi connectivity index (χ4n) is 4.70. The maximum absolute atomic E-state index is 5.99. The Labute approximate surface area is 237 Å². The van der Waals surface area contributed by atoms with Crippen molar-refractivity contribution in [3.05, 3.63) is 78.5 Å². The number of hydrogen-bond donors (Lipinski definition) is 0. The monoisotopic (exact) mass is 527 g/mol. The standard InChI is InChI=1S/C36H49NO2/c1-3-5-7-9-11-12-13-15-17-27-39-35-25-22-33-28-32(30-37-36(33)29-35)19-18-31-20-23-34(24-21-31)38-26-16-14-10-8-6-4-2/h3,18-25,28-30H,1,4-17,26-27H2,2H3/b19-18+. The molecule has 0 radical (unpaired) electrons. The molecule has 0 amide bonds. The molecule has 1 heterocycles. The largest absolute Gasteiger partial charge is 0.494 e. The van der Waals surface area contributed by atoms with Crippen LogP contribution in [0.5, 0.6) is 11.5 Å². The highest BCUT2D eigenvalue weighted by Gasteiger charge is 2.01. The van der Waals surface area contributed by atoms with Gasteiger partial charge in [-0.25, -0.2) is 0 Å². The zero-order valence-corrected chi connectivity index (χ0v) is 24.2. The van der Waals surface area contributed by atoms with E-state index < -0.39 is 0 Å². The summed E-state index contributed by atoms with van der Waals surface area (Å²) in [5, 5.41) is 1.12. The number of nitrogens with zero attached hydrogens (tertiary/aromatic N) is 1. The van der Waals surface area contributed by atoms with Gasteiger partial charge < -0.3 is 9.47 Å². The predicted molar refractivity (Wildman–Crippen MR) is 169 cm³/mol. The fourth-order valence-corrected chi connectivity index (χ4v) is 4.70. The van der Waals surface area contributed by atoms with E-state index in [0.29, 0.717) is 0 Å². The number of aromatic nitrogens is 1. The van der Waals surface area contributed by atoms with Crippen LogP contribution in [0.3, 0.4) is 0 Å². The first-order chi connectivity index (χ1) is 19.3. The van der Waals surface area contributed by atoms with Crippen molar-refractivity contribution >= 4 is 23.1 Å². The van der Waals surface area contributed by atoms with Gasteiger partial charge in [-0.3, -0.25) is 4.98 Å². The first kappa shape index (κ1) is 30.5. The van der Waals surface area contributed by atoms with Crippen LogP contribution in [0.2, 0.25) is 0 Å². The molecule has 0 spiro atoms. The van der Waals surface area contributed by atoms with Crippen LogP contribution in [0.1, 0.15) is 108 Å². The van der Waals surface area contributed by atoms with E-state index in [-0.39, 0.29) is 0 Å². The third-order valence-corrected chi connectivity index (χ3v) is 7.11. The zero-order valence-electron chi connectivity index (χ0n) is 24.2. The quantitative estimate of drug-likeness (QED) is 0.102. The number of ether oxygens (including phenoxy) is 2. The first-order valence-electron chi connectivity index (χ1n) is 15.3. The second kappa shape index (κ2) is 19.1. The van der Waals surface area contributed by atoms with E-state index in [9.17, 15) is 0 Å². The average Bonchev–Trinajstić information content (AvgIpc) is 2.97. The van der Waals surface area contributed by atoms with Crippen molar-refractivity contribution in [2.45, 2.75) is 96.8 Å². The van der Waals surface area contributed by atoms with E-state index in [4.69, 9.17) is 9.47 Å². The van der Waals surface area contributed by atoms with Gasteiger partial charge in [0.1, 0.15) is 11.5 Å². The third-order valence-electron chi connectivity index (χ3n) is 7.11. The van der Waals surface area contributed by atoms with Crippen molar-refractivity contribution < 1.29 is 9.47 Å². The topological polar surface area (TPSA) is 31.4 Å². The molecule has 0 aliphatic rings. The van der Waals surface area contributed by atoms with Crippen molar-refractivity contribution in [2.24, 2.45) is 0 Å². The number of rotatable bonds is 21. The molecule has 210 valence electrons. The molecule has 3 nitrogen and oxygen atoms in total. The normalized spacial score (nSPS) is 11.3. The van der Waals surface area contributed by atoms with E-state index in [0.717, 1.165) is 66.0 Å². The van der Waals surface area contributed by atoms with Gasteiger partial charge in [0.15, 0.2) is 0 Å². The zero-order chi connectivity index (χ0) is 27.4. The van der Waals surface area contributed by atoms with Crippen molar-refractivity contribution in [1.29, 1.82) is 0 Å². The molecule has 0 atom stereocenters. The Bertz CT molecular complexity index is 1100. The Kier molecular flexibility index (Phi) is 14.9. The van der Waals surface area contributed by atoms with Crippen molar-refractivity contribution in [3.63, 3.8) is 0 Å². The van der Waals surface area contributed by atoms with Crippen LogP contribution in [0.15, 0.2) is 67.4 Å². The molecule has 39 heavy (non-hydrogen) atoms. The summed E-state index contributed by atoms with van der Waals surface area (Å²) in [5.74, 6) is 1.85. The fraction of sp³-hybridized carbons (Fsp3) is 0.472. The minimum atomic E-state index is 0.770. The summed E-state index contributed by atoms with van der Waals surface area (Å²) in [4.78, 5) is 4.68. The molecule has 0 aliphatic carbocycles. The molecule has 3 aromatic rings. The molecule has 3 heteroatoms. The Morgan fingerprint density at radius 3 is 1.92 bits per heavy atom. The number of benzene rings is 2. The minimum Gasteiger partial charge on any atom is -0.494 e. The molecule has 0 unspecified atom stereocenters. The summed E-state index contributed by atoms with van der Waals surface area (Å²) in [6.45, 7) is 7.61. The molecular weight excluding hydrogens is 478 g/mol. The number of pyridine rings is 1. The maximum atomic E-state index is 5.99. The Morgan fingerprint density at radius 1 is 0.641 bits per heavy atom. The van der Waals surface area contributed by atoms with Gasteiger partial charge in [-0.15, -0.1) is 6.58 Å². The molecular formula is C36H49NO2. The third kappa shape index (κ3) is 12.6. The lowest BCUT2D eigenvalue weighted by molar-refractivity contribution is 0.304. The first-order valence-corrected chi connectivity index (χ1v) is 15.3. The molecule has 0 aliphatic heterocycles. The van der Waals surface area contributed by atoms with Crippen LogP contribution in [0.4, 0.5) is 0 Å². The molecule has 0 N–H and O–H groups in total. The Balaban J connectivity index is 1.36. The minimum absolute atomic E-state index is 0.770. The van der Waals surface area contributed by atoms with Gasteiger partial charge in [0, 0.05) is 17.6 Å². The number of hydrogen-bond acceptors (Lipinski definition) is 3. The number of allylic oxidation sites excluding steroid dienone is 1. The van der Waals surface area contributed by atoms with Crippen LogP contribution in [-0.4, -0.2) is 18.2 Å². The van der Waals surface area contributed by atoms with E-state index >= 15 is 0 Å². The van der Waals surface area contributed by atoms with Crippen molar-refractivity contribution in [1.82, 2.24) is 4.98 Å². The van der Waals surface area contributed by atoms with Gasteiger partial charge in [0.2, 0.25) is 0 Å². The lowest BCUT2D eigenvalue weighted by Crippen LogP contribution is -1.97. The van der Waals surface area contributed by atoms with E-state index in [1.807, 2.05) is 18.3 Å². The van der Waals surface area contributed by atoms with Gasteiger partial charge >= 0.3 is 0 Å². The highest BCUT2D eigenvalue weighted by atomic mass is 16.5. The van der Waals surface area contributed by atoms with Crippen molar-refractivity contribution in [3.8, 4) is 11.5 Å². The highest BCUT2D eigenvalue weighted by molar-refractivity contribution is 5.83. The predicted octanol–water partition coefficient (Wildman–Crippen LogP) is 10.8. The van der Waals surface area contributed by atoms with Gasteiger partial charge in [-0.1, -0.05) is 101 Å². The SMILES string of the molecule is C=CCCCCCCCCCOc1ccc2cc(/C=C/c3ccc(OCCCCCCCC)cc3)cnc2c1. The van der Waals surface area contributed by atoms with Gasteiger partial charge in [-0.05, 0) is 67.1 Å². The second-order valence-electron chi connectivity index (χ2n) is 10.5. The van der Waals surface area contributed by atoms with Crippen molar-refractivity contribution in [2.75, 3.05) is 13.2 Å². The van der Waals surface area contributed by atoms with Crippen LogP contribution in [-0.2, 0) is 0 Å². The molecule has 0 bridgehead atoms. The maximum Gasteiger partial charge on any atom is 0.121 e. The highest BCUT2D eigenvalue weighted by Crippen LogP contribution is 2.22. The molecule has 1 aromatic heterocycles. The summed E-state index contributed by atoms with van der Waals surface area (Å²) in [5.41, 5.74) is 3.21. The van der Waals surface area contributed by atoms with Crippen LogP contribution >= 0.6 is 0 Å². The summed E-state index contributed by atoms with van der Waals surface area (Å²) < 4.78 is 11.9. The average molecular weight is 528 g/mol. The molecule has 0 fully saturated rings.